The van der Waals surface area contributed by atoms with Crippen molar-refractivity contribution in [2.75, 3.05) is 18.5 Å². The van der Waals surface area contributed by atoms with Crippen LogP contribution >= 0.6 is 28.1 Å². The van der Waals surface area contributed by atoms with Crippen LogP contribution in [0, 0.1) is 0 Å². The largest absolute Gasteiger partial charge is 1.00 e. The van der Waals surface area contributed by atoms with E-state index in [0.29, 0.717) is 5.69 Å². The number of esters is 1. The molecule has 0 fully saturated rings. The van der Waals surface area contributed by atoms with Crippen LogP contribution in [0.25, 0.3) is 0 Å². The number of nitrogens with one attached hydrogen (secondary N) is 1. The Labute approximate surface area is 165 Å². The number of rotatable bonds is 6. The molecule has 0 spiro atoms. The molecule has 0 amide bonds. The van der Waals surface area contributed by atoms with Gasteiger partial charge in [0, 0.05) is 10.2 Å². The van der Waals surface area contributed by atoms with Crippen molar-refractivity contribution in [3.05, 3.63) is 40.3 Å². The van der Waals surface area contributed by atoms with Gasteiger partial charge >= 0.3 is 35.5 Å². The molecule has 0 atom stereocenters. The smallest absolute Gasteiger partial charge is 0.613 e. The minimum absolute atomic E-state index is 0. The van der Waals surface area contributed by atoms with Gasteiger partial charge in [0.25, 0.3) is 0 Å². The van der Waals surface area contributed by atoms with Gasteiger partial charge in [-0.05, 0) is 37.8 Å². The van der Waals surface area contributed by atoms with Gasteiger partial charge < -0.3 is 19.9 Å². The minimum atomic E-state index is -0.800. The fraction of sp³-hybridized carbons (Fsp3) is 0.286. The quantitative estimate of drug-likeness (QED) is 0.227. The summed E-state index contributed by atoms with van der Waals surface area (Å²) in [6.07, 6.45) is 0. The maximum Gasteiger partial charge on any atom is 1.00 e. The zero-order valence-corrected chi connectivity index (χ0v) is 17.0. The molecular formula is C14H15BrNNaO4S. The Hall–Kier alpha value is -0.600. The molecule has 1 aromatic rings. The first kappa shape index (κ1) is 21.4. The summed E-state index contributed by atoms with van der Waals surface area (Å²) >= 11 is 8.42. The number of thiocarbonyl (C=S) groups is 1. The van der Waals surface area contributed by atoms with Crippen molar-refractivity contribution in [2.24, 2.45) is 0 Å². The molecule has 0 heterocycles. The Morgan fingerprint density at radius 1 is 1.23 bits per heavy atom. The molecule has 1 N–H and O–H groups in total. The predicted octanol–water partition coefficient (Wildman–Crippen LogP) is -0.636. The number of benzene rings is 1. The van der Waals surface area contributed by atoms with Crippen LogP contribution in [0.1, 0.15) is 13.8 Å². The predicted molar refractivity (Wildman–Crippen MR) is 85.6 cm³/mol. The summed E-state index contributed by atoms with van der Waals surface area (Å²) in [6, 6.07) is 7.12. The van der Waals surface area contributed by atoms with Crippen molar-refractivity contribution in [3.8, 4) is 0 Å². The summed E-state index contributed by atoms with van der Waals surface area (Å²) < 4.78 is 10.6. The third-order valence-corrected chi connectivity index (χ3v) is 3.12. The van der Waals surface area contributed by atoms with Crippen molar-refractivity contribution < 1.29 is 48.9 Å². The SMILES string of the molecule is CCOC(=O)/C(C(=S)Nc1ccc(Br)cc1)=C(/[O-])OCC.[Na+]. The Morgan fingerprint density at radius 3 is 2.27 bits per heavy atom. The van der Waals surface area contributed by atoms with E-state index in [0.717, 1.165) is 4.47 Å². The molecule has 0 aliphatic rings. The minimum Gasteiger partial charge on any atom is -0.613 e. The Kier molecular flexibility index (Phi) is 10.7. The normalized spacial score (nSPS) is 10.9. The molecular weight excluding hydrogens is 381 g/mol. The van der Waals surface area contributed by atoms with E-state index in [2.05, 4.69) is 21.2 Å². The van der Waals surface area contributed by atoms with E-state index < -0.39 is 11.9 Å². The van der Waals surface area contributed by atoms with Crippen LogP contribution in [0.3, 0.4) is 0 Å². The van der Waals surface area contributed by atoms with Gasteiger partial charge in [-0.3, -0.25) is 0 Å². The van der Waals surface area contributed by atoms with Crippen molar-refractivity contribution >= 4 is 44.8 Å². The standard InChI is InChI=1S/C14H16BrNO4S.Na/c1-3-19-13(17)11(14(18)20-4-2)12(21)16-10-7-5-9(15)6-8-10;/h5-8,17H,3-4H2,1-2H3,(H,16,21);/q;+1/p-1/b13-11-;. The van der Waals surface area contributed by atoms with Crippen molar-refractivity contribution in [1.29, 1.82) is 0 Å². The molecule has 0 aliphatic heterocycles. The summed E-state index contributed by atoms with van der Waals surface area (Å²) in [7, 11) is 0. The molecule has 0 aromatic heterocycles. The van der Waals surface area contributed by atoms with E-state index in [9.17, 15) is 9.90 Å². The molecule has 0 saturated carbocycles. The van der Waals surface area contributed by atoms with Crippen LogP contribution < -0.4 is 40.0 Å². The average Bonchev–Trinajstić information content (AvgIpc) is 2.42. The van der Waals surface area contributed by atoms with Gasteiger partial charge in [0.2, 0.25) is 0 Å². The van der Waals surface area contributed by atoms with Gasteiger partial charge in [-0.25, -0.2) is 4.79 Å². The van der Waals surface area contributed by atoms with Gasteiger partial charge in [0.1, 0.15) is 10.6 Å². The molecule has 0 saturated heterocycles. The number of hydrogen-bond acceptors (Lipinski definition) is 5. The van der Waals surface area contributed by atoms with Gasteiger partial charge in [-0.15, -0.1) is 0 Å². The number of carbonyl (C=O) groups excluding carboxylic acids is 1. The number of hydrogen-bond donors (Lipinski definition) is 1. The second kappa shape index (κ2) is 11.0. The molecule has 0 aliphatic carbocycles. The number of anilines is 1. The van der Waals surface area contributed by atoms with Gasteiger partial charge in [-0.1, -0.05) is 35.1 Å². The van der Waals surface area contributed by atoms with Gasteiger partial charge in [0.15, 0.2) is 0 Å². The molecule has 22 heavy (non-hydrogen) atoms. The third kappa shape index (κ3) is 6.66. The zero-order chi connectivity index (χ0) is 15.8. The Bertz CT molecular complexity index is 548. The Balaban J connectivity index is 0.00000441. The van der Waals surface area contributed by atoms with Crippen LogP contribution in [-0.4, -0.2) is 24.2 Å². The van der Waals surface area contributed by atoms with Crippen LogP contribution in [0.15, 0.2) is 40.3 Å². The van der Waals surface area contributed by atoms with Gasteiger partial charge in [-0.2, -0.15) is 0 Å². The first-order valence-electron chi connectivity index (χ1n) is 6.27. The molecule has 0 radical (unpaired) electrons. The topological polar surface area (TPSA) is 70.6 Å². The van der Waals surface area contributed by atoms with Gasteiger partial charge in [0.05, 0.1) is 12.6 Å². The molecule has 1 rings (SSSR count). The summed E-state index contributed by atoms with van der Waals surface area (Å²) in [4.78, 5) is 11.8. The first-order chi connectivity index (χ1) is 9.99. The van der Waals surface area contributed by atoms with Crippen molar-refractivity contribution in [2.45, 2.75) is 13.8 Å². The summed E-state index contributed by atoms with van der Waals surface area (Å²) in [5.74, 6) is -1.60. The van der Waals surface area contributed by atoms with Crippen LogP contribution in [0.5, 0.6) is 0 Å². The molecule has 0 unspecified atom stereocenters. The van der Waals surface area contributed by atoms with Crippen LogP contribution in [0.2, 0.25) is 0 Å². The van der Waals surface area contributed by atoms with E-state index >= 15 is 0 Å². The molecule has 0 bridgehead atoms. The maximum absolute atomic E-state index is 11.9. The van der Waals surface area contributed by atoms with Crippen LogP contribution in [0.4, 0.5) is 5.69 Å². The van der Waals surface area contributed by atoms with E-state index in [1.807, 2.05) is 0 Å². The van der Waals surface area contributed by atoms with E-state index in [1.54, 1.807) is 38.1 Å². The first-order valence-corrected chi connectivity index (χ1v) is 7.47. The zero-order valence-electron chi connectivity index (χ0n) is 12.6. The number of ether oxygens (including phenoxy) is 2. The summed E-state index contributed by atoms with van der Waals surface area (Å²) in [5, 5.41) is 14.7. The maximum atomic E-state index is 11.9. The van der Waals surface area contributed by atoms with E-state index in [1.165, 1.54) is 0 Å². The summed E-state index contributed by atoms with van der Waals surface area (Å²) in [6.45, 7) is 3.57. The molecule has 114 valence electrons. The fourth-order valence-corrected chi connectivity index (χ4v) is 1.95. The monoisotopic (exact) mass is 395 g/mol. The fourth-order valence-electron chi connectivity index (χ4n) is 1.40. The average molecular weight is 396 g/mol. The van der Waals surface area contributed by atoms with Crippen molar-refractivity contribution in [1.82, 2.24) is 0 Å². The number of halogens is 1. The van der Waals surface area contributed by atoms with E-state index in [-0.39, 0.29) is 53.3 Å². The molecule has 1 aromatic carbocycles. The summed E-state index contributed by atoms with van der Waals surface area (Å²) in [5.41, 5.74) is 0.339. The third-order valence-electron chi connectivity index (χ3n) is 2.29. The van der Waals surface area contributed by atoms with Crippen LogP contribution in [-0.2, 0) is 14.3 Å². The molecule has 8 heteroatoms. The van der Waals surface area contributed by atoms with Crippen molar-refractivity contribution in [3.63, 3.8) is 0 Å². The second-order valence-electron chi connectivity index (χ2n) is 3.78. The Morgan fingerprint density at radius 2 is 1.77 bits per heavy atom. The number of carbonyl (C=O) groups is 1. The van der Waals surface area contributed by atoms with E-state index in [4.69, 9.17) is 21.7 Å². The molecule has 5 nitrogen and oxygen atoms in total. The second-order valence-corrected chi connectivity index (χ2v) is 5.10.